The Bertz CT molecular complexity index is 644. The summed E-state index contributed by atoms with van der Waals surface area (Å²) in [5.74, 6) is 0. The minimum absolute atomic E-state index is 0.953. The fourth-order valence-corrected chi connectivity index (χ4v) is 2.47. The Hall–Kier alpha value is -2.07. The first kappa shape index (κ1) is 11.0. The van der Waals surface area contributed by atoms with Crippen LogP contribution < -0.4 is 0 Å². The van der Waals surface area contributed by atoms with E-state index in [-0.39, 0.29) is 0 Å². The van der Waals surface area contributed by atoms with E-state index in [4.69, 9.17) is 0 Å². The van der Waals surface area contributed by atoms with Crippen LogP contribution in [0.2, 0.25) is 0 Å². The number of hydrogen-bond donors (Lipinski definition) is 0. The van der Waals surface area contributed by atoms with E-state index in [2.05, 4.69) is 27.3 Å². The molecule has 0 aliphatic carbocycles. The fourth-order valence-electron chi connectivity index (χ4n) is 1.79. The lowest BCUT2D eigenvalue weighted by atomic mass is 10.1. The third-order valence-corrected chi connectivity index (χ3v) is 3.51. The molecule has 0 aromatic carbocycles. The molecule has 0 aliphatic rings. The lowest BCUT2D eigenvalue weighted by molar-refractivity contribution is 1.28. The average molecular weight is 253 g/mol. The molecule has 18 heavy (non-hydrogen) atoms. The van der Waals surface area contributed by atoms with E-state index in [1.54, 1.807) is 12.4 Å². The van der Waals surface area contributed by atoms with Gasteiger partial charge in [-0.15, -0.1) is 0 Å². The lowest BCUT2D eigenvalue weighted by Gasteiger charge is -2.02. The highest BCUT2D eigenvalue weighted by Crippen LogP contribution is 2.24. The van der Waals surface area contributed by atoms with Gasteiger partial charge in [-0.2, -0.15) is 4.37 Å². The van der Waals surface area contributed by atoms with Gasteiger partial charge in [-0.25, -0.2) is 0 Å². The van der Waals surface area contributed by atoms with E-state index in [0.29, 0.717) is 0 Å². The zero-order valence-electron chi connectivity index (χ0n) is 9.87. The summed E-state index contributed by atoms with van der Waals surface area (Å²) >= 11 is 1.48. The number of pyridine rings is 2. The molecule has 3 aromatic heterocycles. The van der Waals surface area contributed by atoms with Crippen molar-refractivity contribution >= 4 is 11.5 Å². The number of nitrogens with zero attached hydrogens (tertiary/aromatic N) is 3. The van der Waals surface area contributed by atoms with Gasteiger partial charge in [-0.05, 0) is 48.3 Å². The predicted molar refractivity (Wildman–Crippen MR) is 73.3 cm³/mol. The van der Waals surface area contributed by atoms with Gasteiger partial charge in [0.2, 0.25) is 0 Å². The highest BCUT2D eigenvalue weighted by molar-refractivity contribution is 7.04. The highest BCUT2D eigenvalue weighted by Gasteiger charge is 2.06. The van der Waals surface area contributed by atoms with Gasteiger partial charge < -0.3 is 0 Å². The second-order valence-electron chi connectivity index (χ2n) is 4.01. The molecule has 3 nitrogen and oxygen atoms in total. The first-order valence-electron chi connectivity index (χ1n) is 5.62. The number of hydrogen-bond acceptors (Lipinski definition) is 4. The van der Waals surface area contributed by atoms with Crippen molar-refractivity contribution in [1.82, 2.24) is 14.3 Å². The van der Waals surface area contributed by atoms with Crippen LogP contribution in [0.15, 0.2) is 48.2 Å². The molecule has 3 rings (SSSR count). The molecule has 0 bridgehead atoms. The van der Waals surface area contributed by atoms with Gasteiger partial charge in [-0.3, -0.25) is 9.97 Å². The molecule has 88 valence electrons. The quantitative estimate of drug-likeness (QED) is 0.700. The molecule has 3 aromatic rings. The van der Waals surface area contributed by atoms with E-state index in [0.717, 1.165) is 22.5 Å². The van der Waals surface area contributed by atoms with Crippen molar-refractivity contribution in [2.75, 3.05) is 0 Å². The molecule has 0 aliphatic heterocycles. The van der Waals surface area contributed by atoms with E-state index >= 15 is 0 Å². The first-order chi connectivity index (χ1) is 8.84. The number of aromatic nitrogens is 3. The molecule has 0 unspecified atom stereocenters. The summed E-state index contributed by atoms with van der Waals surface area (Å²) in [7, 11) is 0. The second kappa shape index (κ2) is 4.66. The fraction of sp³-hybridized carbons (Fsp3) is 0.0714. The summed E-state index contributed by atoms with van der Waals surface area (Å²) in [6, 6.07) is 7.99. The molecule has 4 heteroatoms. The standard InChI is InChI=1S/C14H11N3S/c1-10-9-18-17-14(10)12-2-3-13(16-8-12)11-4-6-15-7-5-11/h2-9H,1H3. The summed E-state index contributed by atoms with van der Waals surface area (Å²) in [4.78, 5) is 8.49. The molecule has 3 heterocycles. The minimum atomic E-state index is 0.953. The number of aryl methyl sites for hydroxylation is 1. The number of rotatable bonds is 2. The molecule has 0 N–H and O–H groups in total. The van der Waals surface area contributed by atoms with Crippen LogP contribution in [-0.4, -0.2) is 14.3 Å². The monoisotopic (exact) mass is 253 g/mol. The van der Waals surface area contributed by atoms with Crippen molar-refractivity contribution in [3.05, 3.63) is 53.8 Å². The van der Waals surface area contributed by atoms with Crippen molar-refractivity contribution in [3.8, 4) is 22.5 Å². The summed E-state index contributed by atoms with van der Waals surface area (Å²) in [5, 5.41) is 2.05. The molecule has 0 saturated heterocycles. The molecule has 0 atom stereocenters. The molecule has 0 fully saturated rings. The Morgan fingerprint density at radius 2 is 1.83 bits per heavy atom. The minimum Gasteiger partial charge on any atom is -0.265 e. The summed E-state index contributed by atoms with van der Waals surface area (Å²) < 4.78 is 4.38. The van der Waals surface area contributed by atoms with Crippen LogP contribution in [0.5, 0.6) is 0 Å². The smallest absolute Gasteiger partial charge is 0.0885 e. The maximum absolute atomic E-state index is 4.48. The summed E-state index contributed by atoms with van der Waals surface area (Å²) in [6.45, 7) is 2.07. The highest BCUT2D eigenvalue weighted by atomic mass is 32.1. The van der Waals surface area contributed by atoms with Crippen molar-refractivity contribution in [3.63, 3.8) is 0 Å². The van der Waals surface area contributed by atoms with Crippen LogP contribution in [0.3, 0.4) is 0 Å². The SMILES string of the molecule is Cc1csnc1-c1ccc(-c2ccncc2)nc1. The summed E-state index contributed by atoms with van der Waals surface area (Å²) in [5.41, 5.74) is 5.30. The topological polar surface area (TPSA) is 38.7 Å². The summed E-state index contributed by atoms with van der Waals surface area (Å²) in [6.07, 6.45) is 5.42. The molecule has 0 amide bonds. The van der Waals surface area contributed by atoms with Crippen molar-refractivity contribution in [2.24, 2.45) is 0 Å². The first-order valence-corrected chi connectivity index (χ1v) is 6.46. The zero-order valence-corrected chi connectivity index (χ0v) is 10.7. The Kier molecular flexibility index (Phi) is 2.86. The third-order valence-electron chi connectivity index (χ3n) is 2.76. The molecular weight excluding hydrogens is 242 g/mol. The second-order valence-corrected chi connectivity index (χ2v) is 4.64. The van der Waals surface area contributed by atoms with E-state index in [1.165, 1.54) is 17.1 Å². The van der Waals surface area contributed by atoms with Crippen molar-refractivity contribution in [2.45, 2.75) is 6.92 Å². The Balaban J connectivity index is 1.97. The Morgan fingerprint density at radius 3 is 2.44 bits per heavy atom. The van der Waals surface area contributed by atoms with Crippen molar-refractivity contribution in [1.29, 1.82) is 0 Å². The Morgan fingerprint density at radius 1 is 1.00 bits per heavy atom. The van der Waals surface area contributed by atoms with E-state index in [9.17, 15) is 0 Å². The maximum atomic E-state index is 4.48. The van der Waals surface area contributed by atoms with Gasteiger partial charge >= 0.3 is 0 Å². The van der Waals surface area contributed by atoms with Crippen LogP contribution in [0.1, 0.15) is 5.56 Å². The van der Waals surface area contributed by atoms with Crippen molar-refractivity contribution < 1.29 is 0 Å². The van der Waals surface area contributed by atoms with Crippen LogP contribution >= 0.6 is 11.5 Å². The third kappa shape index (κ3) is 2.02. The van der Waals surface area contributed by atoms with Crippen LogP contribution in [0, 0.1) is 6.92 Å². The van der Waals surface area contributed by atoms with Gasteiger partial charge in [0.05, 0.1) is 11.4 Å². The molecule has 0 saturated carbocycles. The van der Waals surface area contributed by atoms with E-state index < -0.39 is 0 Å². The molecule has 0 spiro atoms. The van der Waals surface area contributed by atoms with Crippen LogP contribution in [0.25, 0.3) is 22.5 Å². The van der Waals surface area contributed by atoms with Gasteiger partial charge in [0.25, 0.3) is 0 Å². The van der Waals surface area contributed by atoms with Gasteiger partial charge in [-0.1, -0.05) is 0 Å². The molecule has 0 radical (unpaired) electrons. The maximum Gasteiger partial charge on any atom is 0.0885 e. The lowest BCUT2D eigenvalue weighted by Crippen LogP contribution is -1.86. The van der Waals surface area contributed by atoms with Gasteiger partial charge in [0.1, 0.15) is 0 Å². The van der Waals surface area contributed by atoms with Gasteiger partial charge in [0.15, 0.2) is 0 Å². The largest absolute Gasteiger partial charge is 0.265 e. The Labute approximate surface area is 109 Å². The van der Waals surface area contributed by atoms with Crippen LogP contribution in [0.4, 0.5) is 0 Å². The predicted octanol–water partition coefficient (Wildman–Crippen LogP) is 3.58. The van der Waals surface area contributed by atoms with E-state index in [1.807, 2.05) is 29.8 Å². The average Bonchev–Trinajstić information content (AvgIpc) is 2.86. The molecular formula is C14H11N3S. The van der Waals surface area contributed by atoms with Crippen LogP contribution in [-0.2, 0) is 0 Å². The van der Waals surface area contributed by atoms with Gasteiger partial charge in [0, 0.05) is 35.1 Å². The zero-order chi connectivity index (χ0) is 12.4. The normalized spacial score (nSPS) is 10.5.